The molecule has 5 rings (SSSR count). The van der Waals surface area contributed by atoms with E-state index in [1.807, 2.05) is 68.1 Å². The van der Waals surface area contributed by atoms with E-state index < -0.39 is 11.6 Å². The van der Waals surface area contributed by atoms with Crippen molar-refractivity contribution in [1.82, 2.24) is 4.98 Å². The summed E-state index contributed by atoms with van der Waals surface area (Å²) >= 11 is 14.2. The molecule has 1 fully saturated rings. The molecule has 1 N–H and O–H groups in total. The second-order valence-electron chi connectivity index (χ2n) is 11.8. The number of benzene rings is 3. The first-order chi connectivity index (χ1) is 20.0. The number of halogens is 2. The Morgan fingerprint density at radius 1 is 1.05 bits per heavy atom. The van der Waals surface area contributed by atoms with Gasteiger partial charge in [-0.15, -0.1) is 0 Å². The van der Waals surface area contributed by atoms with Gasteiger partial charge in [0, 0.05) is 16.6 Å². The van der Waals surface area contributed by atoms with Crippen molar-refractivity contribution in [1.29, 1.82) is 0 Å². The minimum Gasteiger partial charge on any atom is -0.550 e. The molecule has 0 amide bonds. The molecule has 1 unspecified atom stereocenters. The van der Waals surface area contributed by atoms with E-state index in [0.717, 1.165) is 64.7 Å². The van der Waals surface area contributed by atoms with E-state index in [1.54, 1.807) is 6.07 Å². The van der Waals surface area contributed by atoms with Gasteiger partial charge >= 0.3 is 29.6 Å². The van der Waals surface area contributed by atoms with Gasteiger partial charge in [-0.05, 0) is 104 Å². The van der Waals surface area contributed by atoms with Gasteiger partial charge in [-0.3, -0.25) is 0 Å². The number of fused-ring (bicyclic) bond motifs is 1. The molecule has 1 aliphatic rings. The first-order valence-electron chi connectivity index (χ1n) is 14.2. The normalized spacial score (nSPS) is 14.9. The van der Waals surface area contributed by atoms with E-state index in [2.05, 4.69) is 36.4 Å². The summed E-state index contributed by atoms with van der Waals surface area (Å²) in [6.45, 7) is 3.64. The maximum absolute atomic E-state index is 11.4. The Kier molecular flexibility index (Phi) is 11.5. The van der Waals surface area contributed by atoms with Crippen LogP contribution in [0.4, 0.5) is 0 Å². The van der Waals surface area contributed by atoms with E-state index in [0.29, 0.717) is 10.0 Å². The number of rotatable bonds is 12. The van der Waals surface area contributed by atoms with Gasteiger partial charge in [-0.25, -0.2) is 4.98 Å². The van der Waals surface area contributed by atoms with E-state index in [9.17, 15) is 15.0 Å². The summed E-state index contributed by atoms with van der Waals surface area (Å²) < 4.78 is 0. The fraction of sp³-hybridized carbons (Fsp3) is 0.314. The van der Waals surface area contributed by atoms with Gasteiger partial charge in [0.25, 0.3) is 0 Å². The zero-order valence-electron chi connectivity index (χ0n) is 24.8. The number of nitrogens with zero attached hydrogens (tertiary/aromatic N) is 1. The molecule has 8 heteroatoms. The largest absolute Gasteiger partial charge is 1.00 e. The molecule has 1 aromatic heterocycles. The fourth-order valence-corrected chi connectivity index (χ4v) is 7.27. The first-order valence-corrected chi connectivity index (χ1v) is 16.0. The standard InChI is InChI=1S/C35H35Cl2NO3S.Na/c1-34(2,41)28-9-4-3-7-24(28)12-15-32(42-22-35(16-17-35)21-33(39)40)26-8-5-6-23(18-26)10-13-27-14-11-25-19-29(36)30(37)20-31(25)38-27;/h3-11,13-14,18-20,32,41H,12,15-17,21-22H2,1-2H3,(H,39,40);/q;+1/p-1/b13-10+;. The van der Waals surface area contributed by atoms with Gasteiger partial charge in [-0.1, -0.05) is 83.9 Å². The quantitative estimate of drug-likeness (QED) is 0.213. The number of aliphatic carboxylic acids is 1. The van der Waals surface area contributed by atoms with Crippen molar-refractivity contribution < 1.29 is 44.6 Å². The summed E-state index contributed by atoms with van der Waals surface area (Å²) in [4.78, 5) is 16.1. The molecule has 0 radical (unpaired) electrons. The molecule has 1 aliphatic carbocycles. The van der Waals surface area contributed by atoms with Crippen LogP contribution >= 0.6 is 35.0 Å². The van der Waals surface area contributed by atoms with E-state index in [-0.39, 0.29) is 46.6 Å². The molecule has 1 atom stereocenters. The van der Waals surface area contributed by atoms with Gasteiger partial charge in [0.2, 0.25) is 0 Å². The minimum atomic E-state index is -0.969. The Morgan fingerprint density at radius 3 is 2.51 bits per heavy atom. The topological polar surface area (TPSA) is 73.2 Å². The van der Waals surface area contributed by atoms with Crippen molar-refractivity contribution in [2.75, 3.05) is 5.75 Å². The first kappa shape index (κ1) is 34.1. The number of pyridine rings is 1. The van der Waals surface area contributed by atoms with Gasteiger partial charge < -0.3 is 15.0 Å². The molecule has 4 nitrogen and oxygen atoms in total. The number of aromatic nitrogens is 1. The molecule has 0 spiro atoms. The predicted octanol–water partition coefficient (Wildman–Crippen LogP) is 5.27. The van der Waals surface area contributed by atoms with Crippen LogP contribution < -0.4 is 34.7 Å². The molecule has 1 heterocycles. The molecule has 0 aliphatic heterocycles. The molecular formula is C35H34Cl2NNaO3S. The van der Waals surface area contributed by atoms with Crippen molar-refractivity contribution >= 4 is 64.0 Å². The molecule has 4 aromatic rings. The number of hydrogen-bond donors (Lipinski definition) is 1. The van der Waals surface area contributed by atoms with Crippen LogP contribution in [0.5, 0.6) is 0 Å². The Labute approximate surface area is 290 Å². The molecular weight excluding hydrogens is 608 g/mol. The van der Waals surface area contributed by atoms with E-state index in [1.165, 1.54) is 5.56 Å². The van der Waals surface area contributed by atoms with Gasteiger partial charge in [0.15, 0.2) is 0 Å². The zero-order valence-corrected chi connectivity index (χ0v) is 29.1. The molecule has 218 valence electrons. The summed E-state index contributed by atoms with van der Waals surface area (Å²) in [6.07, 6.45) is 7.69. The SMILES string of the molecule is CC(C)(O)c1ccccc1CCC(SCC1(CC(=O)[O-])CC1)c1cccc(/C=C/c2ccc3cc(Cl)c(Cl)cc3n2)c1.[Na+]. The maximum Gasteiger partial charge on any atom is 1.00 e. The molecule has 3 aromatic carbocycles. The molecule has 0 bridgehead atoms. The number of thioether (sulfide) groups is 1. The van der Waals surface area contributed by atoms with Crippen molar-refractivity contribution in [3.63, 3.8) is 0 Å². The monoisotopic (exact) mass is 641 g/mol. The molecule has 1 saturated carbocycles. The third kappa shape index (κ3) is 9.11. The Bertz CT molecular complexity index is 1630. The van der Waals surface area contributed by atoms with Crippen molar-refractivity contribution in [3.05, 3.63) is 111 Å². The van der Waals surface area contributed by atoms with Crippen LogP contribution in [0.15, 0.2) is 72.8 Å². The van der Waals surface area contributed by atoms with Crippen LogP contribution in [0, 0.1) is 5.41 Å². The third-order valence-electron chi connectivity index (χ3n) is 7.90. The Hall–Kier alpha value is -1.83. The number of carbonyl (C=O) groups excluding carboxylic acids is 1. The van der Waals surface area contributed by atoms with E-state index >= 15 is 0 Å². The number of carboxylic acids is 1. The number of aliphatic hydroxyl groups is 1. The minimum absolute atomic E-state index is 0. The third-order valence-corrected chi connectivity index (χ3v) is 10.3. The summed E-state index contributed by atoms with van der Waals surface area (Å²) in [6, 6.07) is 24.1. The van der Waals surface area contributed by atoms with Crippen molar-refractivity contribution in [2.45, 2.75) is 56.8 Å². The smallest absolute Gasteiger partial charge is 0.550 e. The molecule has 0 saturated heterocycles. The van der Waals surface area contributed by atoms with Crippen LogP contribution in [0.3, 0.4) is 0 Å². The summed E-state index contributed by atoms with van der Waals surface area (Å²) in [5.74, 6) is -0.185. The second-order valence-corrected chi connectivity index (χ2v) is 13.8. The van der Waals surface area contributed by atoms with Crippen LogP contribution in [0.1, 0.15) is 72.7 Å². The summed E-state index contributed by atoms with van der Waals surface area (Å²) in [5.41, 5.74) is 4.84. The van der Waals surface area contributed by atoms with Gasteiger partial charge in [0.1, 0.15) is 0 Å². The van der Waals surface area contributed by atoms with Crippen molar-refractivity contribution in [2.24, 2.45) is 5.41 Å². The van der Waals surface area contributed by atoms with Crippen LogP contribution in [-0.2, 0) is 16.8 Å². The second kappa shape index (κ2) is 14.5. The molecule has 43 heavy (non-hydrogen) atoms. The van der Waals surface area contributed by atoms with E-state index in [4.69, 9.17) is 28.2 Å². The van der Waals surface area contributed by atoms with Crippen molar-refractivity contribution in [3.8, 4) is 0 Å². The summed E-state index contributed by atoms with van der Waals surface area (Å²) in [7, 11) is 0. The average Bonchev–Trinajstić information content (AvgIpc) is 3.71. The fourth-order valence-electron chi connectivity index (χ4n) is 5.37. The Morgan fingerprint density at radius 2 is 1.79 bits per heavy atom. The Balaban J connectivity index is 0.00000423. The maximum atomic E-state index is 11.4. The van der Waals surface area contributed by atoms with Crippen LogP contribution in [0.25, 0.3) is 23.1 Å². The van der Waals surface area contributed by atoms with Crippen LogP contribution in [-0.4, -0.2) is 21.8 Å². The zero-order chi connectivity index (χ0) is 29.9. The number of hydrogen-bond acceptors (Lipinski definition) is 5. The summed E-state index contributed by atoms with van der Waals surface area (Å²) in [5, 5.41) is 24.2. The average molecular weight is 643 g/mol. The number of carbonyl (C=O) groups is 1. The number of aryl methyl sites for hydroxylation is 1. The van der Waals surface area contributed by atoms with Crippen LogP contribution in [0.2, 0.25) is 10.0 Å². The predicted molar refractivity (Wildman–Crippen MR) is 174 cm³/mol. The number of carboxylic acid groups (broad SMARTS) is 1. The van der Waals surface area contributed by atoms with Gasteiger partial charge in [0.05, 0.1) is 26.9 Å². The van der Waals surface area contributed by atoms with Gasteiger partial charge in [-0.2, -0.15) is 11.8 Å².